The lowest BCUT2D eigenvalue weighted by Crippen LogP contribution is -2.23. The summed E-state index contributed by atoms with van der Waals surface area (Å²) in [7, 11) is 3.16. The summed E-state index contributed by atoms with van der Waals surface area (Å²) < 4.78 is 10.4. The molecule has 2 rings (SSSR count). The molecule has 7 heteroatoms. The Morgan fingerprint density at radius 1 is 1.32 bits per heavy atom. The van der Waals surface area contributed by atoms with Gasteiger partial charge in [-0.2, -0.15) is 4.98 Å². The Kier molecular flexibility index (Phi) is 5.68. The van der Waals surface area contributed by atoms with Gasteiger partial charge in [0.25, 0.3) is 5.91 Å². The Balaban J connectivity index is 2.41. The Labute approximate surface area is 133 Å². The number of methoxy groups -OCH3 is 2. The first-order chi connectivity index (χ1) is 10.6. The van der Waals surface area contributed by atoms with Gasteiger partial charge in [0, 0.05) is 13.7 Å². The van der Waals surface area contributed by atoms with E-state index in [4.69, 9.17) is 9.47 Å². The number of amides is 1. The molecule has 1 amide bonds. The summed E-state index contributed by atoms with van der Waals surface area (Å²) >= 11 is 1.36. The average molecular weight is 323 g/mol. The molecule has 0 saturated heterocycles. The first-order valence-electron chi connectivity index (χ1n) is 7.23. The predicted molar refractivity (Wildman–Crippen MR) is 86.7 cm³/mol. The number of thiophene rings is 1. The molecule has 2 aromatic rings. The van der Waals surface area contributed by atoms with Gasteiger partial charge in [0.2, 0.25) is 5.88 Å². The van der Waals surface area contributed by atoms with E-state index >= 15 is 0 Å². The largest absolute Gasteiger partial charge is 0.480 e. The molecule has 0 saturated carbocycles. The highest BCUT2D eigenvalue weighted by Gasteiger charge is 2.20. The lowest BCUT2D eigenvalue weighted by molar-refractivity contribution is 0.0957. The summed E-state index contributed by atoms with van der Waals surface area (Å²) in [5.41, 5.74) is 0.856. The van der Waals surface area contributed by atoms with Gasteiger partial charge >= 0.3 is 0 Å². The Morgan fingerprint density at radius 2 is 2.09 bits per heavy atom. The van der Waals surface area contributed by atoms with E-state index < -0.39 is 0 Å². The summed E-state index contributed by atoms with van der Waals surface area (Å²) in [6.45, 7) is 4.98. The molecule has 0 unspecified atom stereocenters. The van der Waals surface area contributed by atoms with Gasteiger partial charge in [-0.1, -0.05) is 13.3 Å². The molecule has 0 spiro atoms. The molecule has 22 heavy (non-hydrogen) atoms. The van der Waals surface area contributed by atoms with Crippen LogP contribution in [0, 0.1) is 6.92 Å². The zero-order chi connectivity index (χ0) is 16.1. The number of hydrogen-bond acceptors (Lipinski definition) is 6. The van der Waals surface area contributed by atoms with E-state index in [-0.39, 0.29) is 5.91 Å². The molecule has 0 aromatic carbocycles. The zero-order valence-corrected chi connectivity index (χ0v) is 14.2. The van der Waals surface area contributed by atoms with Crippen LogP contribution in [0.4, 0.5) is 0 Å². The summed E-state index contributed by atoms with van der Waals surface area (Å²) in [6, 6.07) is 0. The third kappa shape index (κ3) is 3.36. The van der Waals surface area contributed by atoms with Crippen LogP contribution in [0.2, 0.25) is 0 Å². The molecule has 0 fully saturated rings. The van der Waals surface area contributed by atoms with E-state index in [0.717, 1.165) is 28.6 Å². The second-order valence-electron chi connectivity index (χ2n) is 4.93. The van der Waals surface area contributed by atoms with Crippen molar-refractivity contribution in [2.24, 2.45) is 0 Å². The number of hydrogen-bond donors (Lipinski definition) is 1. The highest BCUT2D eigenvalue weighted by molar-refractivity contribution is 7.20. The summed E-state index contributed by atoms with van der Waals surface area (Å²) in [6.07, 6.45) is 2.02. The summed E-state index contributed by atoms with van der Waals surface area (Å²) in [5, 5.41) is 3.74. The minimum absolute atomic E-state index is 0.0655. The van der Waals surface area contributed by atoms with Crippen molar-refractivity contribution < 1.29 is 14.3 Å². The maximum Gasteiger partial charge on any atom is 0.261 e. The van der Waals surface area contributed by atoms with Crippen molar-refractivity contribution in [2.45, 2.75) is 33.3 Å². The fourth-order valence-corrected chi connectivity index (χ4v) is 3.27. The highest BCUT2D eigenvalue weighted by atomic mass is 32.1. The monoisotopic (exact) mass is 323 g/mol. The number of nitrogens with zero attached hydrogens (tertiary/aromatic N) is 2. The van der Waals surface area contributed by atoms with E-state index in [1.54, 1.807) is 14.2 Å². The number of aromatic nitrogens is 2. The maximum atomic E-state index is 12.3. The van der Waals surface area contributed by atoms with Gasteiger partial charge in [-0.25, -0.2) is 4.98 Å². The number of rotatable bonds is 7. The Morgan fingerprint density at radius 3 is 2.73 bits per heavy atom. The molecular weight excluding hydrogens is 302 g/mol. The van der Waals surface area contributed by atoms with Crippen molar-refractivity contribution in [3.63, 3.8) is 0 Å². The maximum absolute atomic E-state index is 12.3. The number of unbranched alkanes of at least 4 members (excludes halogenated alkanes) is 1. The van der Waals surface area contributed by atoms with Crippen molar-refractivity contribution in [1.82, 2.24) is 15.3 Å². The van der Waals surface area contributed by atoms with Crippen molar-refractivity contribution >= 4 is 27.5 Å². The van der Waals surface area contributed by atoms with Gasteiger partial charge in [-0.15, -0.1) is 11.3 Å². The van der Waals surface area contributed by atoms with Crippen LogP contribution >= 0.6 is 11.3 Å². The standard InChI is InChI=1S/C15H21N3O3S/c1-5-6-7-16-13(19)12-9(2)11-14(21-4)17-10(8-20-3)18-15(11)22-12/h5-8H2,1-4H3,(H,16,19). The fourth-order valence-electron chi connectivity index (χ4n) is 2.16. The van der Waals surface area contributed by atoms with E-state index in [2.05, 4.69) is 22.2 Å². The van der Waals surface area contributed by atoms with Gasteiger partial charge in [0.15, 0.2) is 5.82 Å². The number of carbonyl (C=O) groups is 1. The molecular formula is C15H21N3O3S. The van der Waals surface area contributed by atoms with Crippen LogP contribution in [-0.2, 0) is 11.3 Å². The third-order valence-corrected chi connectivity index (χ3v) is 4.48. The average Bonchev–Trinajstić information content (AvgIpc) is 2.84. The molecule has 2 heterocycles. The molecule has 0 atom stereocenters. The molecule has 0 aliphatic heterocycles. The topological polar surface area (TPSA) is 73.3 Å². The number of ether oxygens (including phenoxy) is 2. The van der Waals surface area contributed by atoms with Crippen LogP contribution in [0.15, 0.2) is 0 Å². The smallest absolute Gasteiger partial charge is 0.261 e. The van der Waals surface area contributed by atoms with Crippen molar-refractivity contribution in [3.05, 3.63) is 16.3 Å². The van der Waals surface area contributed by atoms with Crippen LogP contribution in [0.5, 0.6) is 5.88 Å². The third-order valence-electron chi connectivity index (χ3n) is 3.29. The molecule has 0 bridgehead atoms. The van der Waals surface area contributed by atoms with Gasteiger partial charge in [0.1, 0.15) is 11.4 Å². The minimum atomic E-state index is -0.0655. The lowest BCUT2D eigenvalue weighted by Gasteiger charge is -2.05. The normalized spacial score (nSPS) is 10.9. The number of aryl methyl sites for hydroxylation is 1. The number of fused-ring (bicyclic) bond motifs is 1. The van der Waals surface area contributed by atoms with E-state index in [9.17, 15) is 4.79 Å². The van der Waals surface area contributed by atoms with Crippen LogP contribution in [-0.4, -0.2) is 36.6 Å². The number of carbonyl (C=O) groups excluding carboxylic acids is 1. The predicted octanol–water partition coefficient (Wildman–Crippen LogP) is 2.68. The lowest BCUT2D eigenvalue weighted by atomic mass is 10.2. The molecule has 0 radical (unpaired) electrons. The van der Waals surface area contributed by atoms with E-state index in [0.29, 0.717) is 29.7 Å². The van der Waals surface area contributed by atoms with Crippen molar-refractivity contribution in [3.8, 4) is 5.88 Å². The van der Waals surface area contributed by atoms with Gasteiger partial charge < -0.3 is 14.8 Å². The van der Waals surface area contributed by atoms with Gasteiger partial charge in [-0.05, 0) is 18.9 Å². The van der Waals surface area contributed by atoms with Gasteiger partial charge in [0.05, 0.1) is 17.4 Å². The fraction of sp³-hybridized carbons (Fsp3) is 0.533. The molecule has 0 aliphatic carbocycles. The zero-order valence-electron chi connectivity index (χ0n) is 13.4. The van der Waals surface area contributed by atoms with E-state index in [1.807, 2.05) is 6.92 Å². The second-order valence-corrected chi connectivity index (χ2v) is 5.93. The Hall–Kier alpha value is -1.73. The van der Waals surface area contributed by atoms with Crippen LogP contribution in [0.25, 0.3) is 10.2 Å². The molecule has 6 nitrogen and oxygen atoms in total. The summed E-state index contributed by atoms with van der Waals surface area (Å²) in [4.78, 5) is 22.5. The Bertz CT molecular complexity index is 670. The minimum Gasteiger partial charge on any atom is -0.480 e. The summed E-state index contributed by atoms with van der Waals surface area (Å²) in [5.74, 6) is 0.966. The van der Waals surface area contributed by atoms with Crippen LogP contribution in [0.3, 0.4) is 0 Å². The van der Waals surface area contributed by atoms with Gasteiger partial charge in [-0.3, -0.25) is 4.79 Å². The number of nitrogens with one attached hydrogen (secondary N) is 1. The second kappa shape index (κ2) is 7.51. The van der Waals surface area contributed by atoms with Crippen molar-refractivity contribution in [2.75, 3.05) is 20.8 Å². The molecule has 120 valence electrons. The first-order valence-corrected chi connectivity index (χ1v) is 8.05. The molecule has 0 aliphatic rings. The quantitative estimate of drug-likeness (QED) is 0.793. The van der Waals surface area contributed by atoms with E-state index in [1.165, 1.54) is 11.3 Å². The highest BCUT2D eigenvalue weighted by Crippen LogP contribution is 2.34. The molecule has 2 aromatic heterocycles. The van der Waals surface area contributed by atoms with Crippen molar-refractivity contribution in [1.29, 1.82) is 0 Å². The molecule has 1 N–H and O–H groups in total. The SMILES string of the molecule is CCCCNC(=O)c1sc2nc(COC)nc(OC)c2c1C. The van der Waals surface area contributed by atoms with Crippen LogP contribution < -0.4 is 10.1 Å². The first kappa shape index (κ1) is 16.6. The van der Waals surface area contributed by atoms with Crippen LogP contribution in [0.1, 0.15) is 40.8 Å².